The normalized spacial score (nSPS) is 14.2. The van der Waals surface area contributed by atoms with Gasteiger partial charge in [-0.25, -0.2) is 4.85 Å². The number of benzene rings is 9. The summed E-state index contributed by atoms with van der Waals surface area (Å²) in [5.74, 6) is 5.26. The Kier molecular flexibility index (Phi) is 10.7. The zero-order valence-corrected chi connectivity index (χ0v) is 49.3. The van der Waals surface area contributed by atoms with Crippen LogP contribution in [0.25, 0.3) is 4.85 Å². The van der Waals surface area contributed by atoms with Crippen molar-refractivity contribution in [1.29, 1.82) is 10.5 Å². The van der Waals surface area contributed by atoms with Gasteiger partial charge in [-0.15, -0.1) is 0 Å². The summed E-state index contributed by atoms with van der Waals surface area (Å²) >= 11 is 0. The molecular weight excluding hydrogens is 1030 g/mol. The third kappa shape index (κ3) is 7.47. The molecule has 0 bridgehead atoms. The first kappa shape index (κ1) is 51.3. The van der Waals surface area contributed by atoms with Crippen molar-refractivity contribution >= 4 is 109 Å². The first-order valence-electron chi connectivity index (χ1n) is 28.9. The number of fused-ring (bicyclic) bond motifs is 12. The van der Waals surface area contributed by atoms with E-state index in [9.17, 15) is 10.5 Å². The number of rotatable bonds is 2. The maximum atomic E-state index is 10.7. The van der Waals surface area contributed by atoms with Crippen molar-refractivity contribution in [3.63, 3.8) is 0 Å². The van der Waals surface area contributed by atoms with Crippen LogP contribution in [0.3, 0.4) is 0 Å². The number of hydrogen-bond acceptors (Lipinski definition) is 8. The van der Waals surface area contributed by atoms with Gasteiger partial charge in [0.15, 0.2) is 5.69 Å². The molecule has 15 rings (SSSR count). The predicted octanol–water partition coefficient (Wildman–Crippen LogP) is 12.3. The van der Waals surface area contributed by atoms with Crippen LogP contribution < -0.4 is 77.9 Å². The van der Waals surface area contributed by atoms with Gasteiger partial charge in [-0.3, -0.25) is 0 Å². The monoisotopic (exact) mass is 1090 g/mol. The first-order valence-corrected chi connectivity index (χ1v) is 28.9. The van der Waals surface area contributed by atoms with E-state index < -0.39 is 6.71 Å². The van der Waals surface area contributed by atoms with E-state index in [0.717, 1.165) is 111 Å². The summed E-state index contributed by atoms with van der Waals surface area (Å²) in [5.41, 5.74) is 22.5. The summed E-state index contributed by atoms with van der Waals surface area (Å²) < 4.78 is 28.4. The van der Waals surface area contributed by atoms with Crippen LogP contribution in [0, 0.1) is 50.0 Å². The molecule has 0 amide bonds. The van der Waals surface area contributed by atoms with Gasteiger partial charge in [0.25, 0.3) is 20.1 Å². The highest BCUT2D eigenvalue weighted by Crippen LogP contribution is 2.49. The van der Waals surface area contributed by atoms with E-state index in [-0.39, 0.29) is 29.7 Å². The highest BCUT2D eigenvalue weighted by molar-refractivity contribution is 7.03. The van der Waals surface area contributed by atoms with Crippen LogP contribution >= 0.6 is 0 Å². The van der Waals surface area contributed by atoms with E-state index in [2.05, 4.69) is 207 Å². The summed E-state index contributed by atoms with van der Waals surface area (Å²) in [7, 11) is 0. The number of aryl methyl sites for hydroxylation is 3. The van der Waals surface area contributed by atoms with Crippen molar-refractivity contribution in [3.8, 4) is 58.1 Å². The van der Waals surface area contributed by atoms with E-state index in [4.69, 9.17) is 25.5 Å². The van der Waals surface area contributed by atoms with Crippen LogP contribution in [-0.2, 0) is 16.2 Å². The molecule has 0 radical (unpaired) electrons. The summed E-state index contributed by atoms with van der Waals surface area (Å²) in [6.07, 6.45) is 0. The van der Waals surface area contributed by atoms with Gasteiger partial charge >= 0.3 is 0 Å². The standard InChI is InChI=1S/C72H58B3N5O4/c1-38-22-39(2)69(40(3)23-38)80-55-35-61-53(33-49(55)74-51-29-45(72(10,11)12)17-21-59(51)82-65-31-46(78-13)30-57(80)67(65)74)75-52-32-48-54(34-60(52)83-63-26-42(37-77)27-64(84-61)68(63)75)79(47-18-14-43(15-19-47)70(4,5)6)56-24-41(36-76)25-62-66(56)73(48)50-28-44(71(7,8)9)16-20-58(50)81-62/h14-35H,1-12H3. The Labute approximate surface area is 492 Å². The maximum absolute atomic E-state index is 10.7. The lowest BCUT2D eigenvalue weighted by atomic mass is 9.30. The highest BCUT2D eigenvalue weighted by atomic mass is 16.5. The van der Waals surface area contributed by atoms with Gasteiger partial charge in [-0.1, -0.05) is 129 Å². The Morgan fingerprint density at radius 3 is 1.31 bits per heavy atom. The SMILES string of the molecule is [C-]#[N+]c1cc2c3c(c1)N(c1c(C)cc(C)cc1C)c1cc4c(cc1B3c1cc(C(C)(C)C)ccc1O2)B1c2cc3c(cc2Oc2cc(C#N)cc(c21)O4)N(c1ccc(C(C)(C)C)cc1)c1cc(C#N)cc2c1B3c1cc(C(C)(C)C)ccc1O2. The van der Waals surface area contributed by atoms with Crippen molar-refractivity contribution in [2.75, 3.05) is 9.80 Å². The summed E-state index contributed by atoms with van der Waals surface area (Å²) in [6, 6.07) is 51.9. The molecule has 12 heteroatoms. The first-order chi connectivity index (χ1) is 40.1. The molecule has 0 saturated carbocycles. The molecule has 6 heterocycles. The van der Waals surface area contributed by atoms with Crippen molar-refractivity contribution < 1.29 is 18.9 Å². The minimum Gasteiger partial charge on any atom is -0.460 e. The Hall–Kier alpha value is -9.56. The average molecular weight is 1090 g/mol. The number of ether oxygens (including phenoxy) is 4. The highest BCUT2D eigenvalue weighted by Gasteiger charge is 2.50. The van der Waals surface area contributed by atoms with Gasteiger partial charge in [0.2, 0.25) is 0 Å². The van der Waals surface area contributed by atoms with E-state index in [1.807, 2.05) is 36.4 Å². The number of nitriles is 2. The van der Waals surface area contributed by atoms with E-state index in [0.29, 0.717) is 51.3 Å². The van der Waals surface area contributed by atoms with E-state index in [1.165, 1.54) is 16.7 Å². The number of nitrogens with zero attached hydrogens (tertiary/aromatic N) is 5. The second-order valence-electron chi connectivity index (χ2n) is 26.8. The third-order valence-electron chi connectivity index (χ3n) is 18.2. The zero-order valence-electron chi connectivity index (χ0n) is 49.3. The Bertz CT molecular complexity index is 4600. The zero-order chi connectivity index (χ0) is 58.4. The fraction of sp³-hybridized carbons (Fsp3) is 0.208. The lowest BCUT2D eigenvalue weighted by molar-refractivity contribution is 0.464. The summed E-state index contributed by atoms with van der Waals surface area (Å²) in [5, 5.41) is 21.4. The molecular formula is C72H58B3N5O4. The fourth-order valence-electron chi connectivity index (χ4n) is 14.3. The summed E-state index contributed by atoms with van der Waals surface area (Å²) in [6.45, 7) is 34.0. The Balaban J connectivity index is 1.03. The van der Waals surface area contributed by atoms with Gasteiger partial charge in [0.05, 0.1) is 35.5 Å². The minimum atomic E-state index is -0.422. The molecule has 9 nitrogen and oxygen atoms in total. The molecule has 0 N–H and O–H groups in total. The van der Waals surface area contributed by atoms with Crippen LogP contribution in [0.4, 0.5) is 39.8 Å². The van der Waals surface area contributed by atoms with E-state index >= 15 is 0 Å². The molecule has 84 heavy (non-hydrogen) atoms. The lowest BCUT2D eigenvalue weighted by Crippen LogP contribution is -2.64. The molecule has 9 aromatic rings. The predicted molar refractivity (Wildman–Crippen MR) is 342 cm³/mol. The minimum absolute atomic E-state index is 0.0830. The second kappa shape index (κ2) is 17.5. The van der Waals surface area contributed by atoms with Crippen LogP contribution in [0.1, 0.15) is 107 Å². The lowest BCUT2D eigenvalue weighted by Gasteiger charge is -2.43. The van der Waals surface area contributed by atoms with Crippen LogP contribution in [0.15, 0.2) is 133 Å². The Morgan fingerprint density at radius 2 is 0.821 bits per heavy atom. The average Bonchev–Trinajstić information content (AvgIpc) is 1.08. The molecule has 0 aromatic heterocycles. The van der Waals surface area contributed by atoms with Crippen LogP contribution in [-0.4, -0.2) is 20.1 Å². The van der Waals surface area contributed by atoms with E-state index in [1.54, 1.807) is 0 Å². The molecule has 0 atom stereocenters. The van der Waals surface area contributed by atoms with Gasteiger partial charge in [0, 0.05) is 46.0 Å². The summed E-state index contributed by atoms with van der Waals surface area (Å²) in [4.78, 5) is 8.65. The third-order valence-corrected chi connectivity index (χ3v) is 18.2. The van der Waals surface area contributed by atoms with Gasteiger partial charge in [-0.05, 0) is 169 Å². The molecule has 6 aliphatic rings. The van der Waals surface area contributed by atoms with Crippen molar-refractivity contribution in [2.24, 2.45) is 0 Å². The number of hydrogen-bond donors (Lipinski definition) is 0. The topological polar surface area (TPSA) is 95.3 Å². The molecule has 0 unspecified atom stereocenters. The second-order valence-corrected chi connectivity index (χ2v) is 26.8. The quantitative estimate of drug-likeness (QED) is 0.125. The van der Waals surface area contributed by atoms with Crippen LogP contribution in [0.2, 0.25) is 0 Å². The molecule has 0 saturated heterocycles. The van der Waals surface area contributed by atoms with Crippen LogP contribution in [0.5, 0.6) is 46.0 Å². The molecule has 6 aliphatic heterocycles. The molecule has 9 aromatic carbocycles. The van der Waals surface area contributed by atoms with Crippen molar-refractivity contribution in [1.82, 2.24) is 0 Å². The molecule has 0 aliphatic carbocycles. The number of anilines is 6. The van der Waals surface area contributed by atoms with Crippen molar-refractivity contribution in [2.45, 2.75) is 99.3 Å². The fourth-order valence-corrected chi connectivity index (χ4v) is 14.3. The molecule has 0 fully saturated rings. The van der Waals surface area contributed by atoms with Crippen molar-refractivity contribution in [3.05, 3.63) is 189 Å². The van der Waals surface area contributed by atoms with Gasteiger partial charge in [-0.2, -0.15) is 10.5 Å². The Morgan fingerprint density at radius 1 is 0.405 bits per heavy atom. The van der Waals surface area contributed by atoms with Gasteiger partial charge < -0.3 is 28.7 Å². The van der Waals surface area contributed by atoms with Gasteiger partial charge in [0.1, 0.15) is 46.0 Å². The molecule has 0 spiro atoms. The maximum Gasteiger partial charge on any atom is 0.260 e. The molecule has 404 valence electrons. The smallest absolute Gasteiger partial charge is 0.260 e. The largest absolute Gasteiger partial charge is 0.460 e.